The van der Waals surface area contributed by atoms with Gasteiger partial charge in [0.2, 0.25) is 0 Å². The number of hydrogen-bond acceptors (Lipinski definition) is 4. The molecule has 0 atom stereocenters. The predicted molar refractivity (Wildman–Crippen MR) is 77.8 cm³/mol. The molecular formula is C15H17NO2S. The van der Waals surface area contributed by atoms with Crippen molar-refractivity contribution in [1.82, 2.24) is 4.98 Å². The first-order valence-electron chi connectivity index (χ1n) is 6.27. The standard InChI is InChI=1S/C15H17NO2S/c1-11(17)14-13(9-6-10-18-2)19-15(16-14)12-7-4-3-5-8-12/h3-5,7-8H,6,9-10H2,1-2H3. The first-order chi connectivity index (χ1) is 9.22. The molecule has 0 fully saturated rings. The summed E-state index contributed by atoms with van der Waals surface area (Å²) in [6.45, 7) is 2.28. The summed E-state index contributed by atoms with van der Waals surface area (Å²) in [5.41, 5.74) is 1.67. The molecule has 0 saturated heterocycles. The van der Waals surface area contributed by atoms with E-state index in [-0.39, 0.29) is 5.78 Å². The van der Waals surface area contributed by atoms with Gasteiger partial charge in [-0.15, -0.1) is 11.3 Å². The van der Waals surface area contributed by atoms with Crippen LogP contribution in [0.4, 0.5) is 0 Å². The summed E-state index contributed by atoms with van der Waals surface area (Å²) in [5.74, 6) is 0.0332. The van der Waals surface area contributed by atoms with Crippen LogP contribution in [0.2, 0.25) is 0 Å². The lowest BCUT2D eigenvalue weighted by Gasteiger charge is -1.98. The fourth-order valence-corrected chi connectivity index (χ4v) is 3.03. The molecule has 0 spiro atoms. The van der Waals surface area contributed by atoms with Crippen LogP contribution >= 0.6 is 11.3 Å². The lowest BCUT2D eigenvalue weighted by Crippen LogP contribution is -1.99. The second kappa shape index (κ2) is 6.59. The number of benzene rings is 1. The topological polar surface area (TPSA) is 39.2 Å². The van der Waals surface area contributed by atoms with E-state index in [9.17, 15) is 4.79 Å². The van der Waals surface area contributed by atoms with Crippen LogP contribution in [0.25, 0.3) is 10.6 Å². The number of hydrogen-bond donors (Lipinski definition) is 0. The van der Waals surface area contributed by atoms with E-state index in [1.807, 2.05) is 30.3 Å². The number of aromatic nitrogens is 1. The minimum absolute atomic E-state index is 0.0332. The molecule has 0 aliphatic rings. The Morgan fingerprint density at radius 1 is 1.32 bits per heavy atom. The third-order valence-electron chi connectivity index (χ3n) is 2.80. The third kappa shape index (κ3) is 3.49. The van der Waals surface area contributed by atoms with Gasteiger partial charge in [-0.1, -0.05) is 30.3 Å². The van der Waals surface area contributed by atoms with Gasteiger partial charge in [0.1, 0.15) is 10.7 Å². The molecular weight excluding hydrogens is 258 g/mol. The Bertz CT molecular complexity index is 549. The Morgan fingerprint density at radius 2 is 2.05 bits per heavy atom. The molecule has 0 radical (unpaired) electrons. The Hall–Kier alpha value is -1.52. The Labute approximate surface area is 117 Å². The van der Waals surface area contributed by atoms with Crippen molar-refractivity contribution in [3.63, 3.8) is 0 Å². The van der Waals surface area contributed by atoms with Gasteiger partial charge in [-0.25, -0.2) is 4.98 Å². The molecule has 0 aliphatic carbocycles. The molecule has 0 aliphatic heterocycles. The van der Waals surface area contributed by atoms with Gasteiger partial charge in [0.05, 0.1) is 0 Å². The van der Waals surface area contributed by atoms with Crippen molar-refractivity contribution >= 4 is 17.1 Å². The van der Waals surface area contributed by atoms with Crippen molar-refractivity contribution in [3.05, 3.63) is 40.9 Å². The highest BCUT2D eigenvalue weighted by molar-refractivity contribution is 7.15. The van der Waals surface area contributed by atoms with Gasteiger partial charge >= 0.3 is 0 Å². The quantitative estimate of drug-likeness (QED) is 0.597. The number of rotatable bonds is 6. The van der Waals surface area contributed by atoms with Crippen molar-refractivity contribution in [2.45, 2.75) is 19.8 Å². The van der Waals surface area contributed by atoms with Crippen LogP contribution in [-0.4, -0.2) is 24.5 Å². The summed E-state index contributed by atoms with van der Waals surface area (Å²) < 4.78 is 5.05. The second-order valence-corrected chi connectivity index (χ2v) is 5.39. The summed E-state index contributed by atoms with van der Waals surface area (Å²) in [5, 5.41) is 0.915. The van der Waals surface area contributed by atoms with Crippen LogP contribution in [0.5, 0.6) is 0 Å². The molecule has 1 heterocycles. The summed E-state index contributed by atoms with van der Waals surface area (Å²) in [7, 11) is 1.69. The molecule has 0 N–H and O–H groups in total. The summed E-state index contributed by atoms with van der Waals surface area (Å²) in [6.07, 6.45) is 1.75. The zero-order valence-electron chi connectivity index (χ0n) is 11.2. The fourth-order valence-electron chi connectivity index (χ4n) is 1.88. The highest BCUT2D eigenvalue weighted by atomic mass is 32.1. The molecule has 2 rings (SSSR count). The van der Waals surface area contributed by atoms with Gasteiger partial charge in [0.15, 0.2) is 5.78 Å². The average Bonchev–Trinajstić information content (AvgIpc) is 2.84. The number of carbonyl (C=O) groups is 1. The van der Waals surface area contributed by atoms with E-state index >= 15 is 0 Å². The number of thiazole rings is 1. The fraction of sp³-hybridized carbons (Fsp3) is 0.333. The summed E-state index contributed by atoms with van der Waals surface area (Å²) in [6, 6.07) is 9.97. The van der Waals surface area contributed by atoms with E-state index in [0.29, 0.717) is 12.3 Å². The van der Waals surface area contributed by atoms with E-state index < -0.39 is 0 Å². The second-order valence-electron chi connectivity index (χ2n) is 4.31. The summed E-state index contributed by atoms with van der Waals surface area (Å²) in [4.78, 5) is 17.2. The molecule has 3 nitrogen and oxygen atoms in total. The highest BCUT2D eigenvalue weighted by Crippen LogP contribution is 2.29. The monoisotopic (exact) mass is 275 g/mol. The maximum Gasteiger partial charge on any atom is 0.179 e. The van der Waals surface area contributed by atoms with Crippen LogP contribution < -0.4 is 0 Å². The minimum Gasteiger partial charge on any atom is -0.385 e. The number of carbonyl (C=O) groups excluding carboxylic acids is 1. The largest absolute Gasteiger partial charge is 0.385 e. The van der Waals surface area contributed by atoms with Crippen LogP contribution in [0, 0.1) is 0 Å². The maximum absolute atomic E-state index is 11.7. The van der Waals surface area contributed by atoms with E-state index in [1.165, 1.54) is 0 Å². The molecule has 1 aromatic heterocycles. The molecule has 19 heavy (non-hydrogen) atoms. The molecule has 0 saturated carbocycles. The lowest BCUT2D eigenvalue weighted by molar-refractivity contribution is 0.101. The molecule has 0 unspecified atom stereocenters. The zero-order valence-corrected chi connectivity index (χ0v) is 12.0. The summed E-state index contributed by atoms with van der Waals surface area (Å²) >= 11 is 1.60. The van der Waals surface area contributed by atoms with Gasteiger partial charge in [-0.05, 0) is 12.8 Å². The van der Waals surface area contributed by atoms with Crippen molar-refractivity contribution in [2.24, 2.45) is 0 Å². The van der Waals surface area contributed by atoms with Gasteiger partial charge in [0, 0.05) is 31.1 Å². The van der Waals surface area contributed by atoms with Crippen LogP contribution in [0.3, 0.4) is 0 Å². The molecule has 100 valence electrons. The predicted octanol–water partition coefficient (Wildman–Crippen LogP) is 3.59. The van der Waals surface area contributed by atoms with Gasteiger partial charge in [0.25, 0.3) is 0 Å². The van der Waals surface area contributed by atoms with Crippen molar-refractivity contribution in [1.29, 1.82) is 0 Å². The number of nitrogens with zero attached hydrogens (tertiary/aromatic N) is 1. The molecule has 0 amide bonds. The normalized spacial score (nSPS) is 10.6. The van der Waals surface area contributed by atoms with Crippen LogP contribution in [0.1, 0.15) is 28.7 Å². The molecule has 0 bridgehead atoms. The van der Waals surface area contributed by atoms with Crippen molar-refractivity contribution in [2.75, 3.05) is 13.7 Å². The SMILES string of the molecule is COCCCc1sc(-c2ccccc2)nc1C(C)=O. The lowest BCUT2D eigenvalue weighted by atomic mass is 10.2. The first kappa shape index (κ1) is 13.9. The Morgan fingerprint density at radius 3 is 2.68 bits per heavy atom. The van der Waals surface area contributed by atoms with Crippen LogP contribution in [0.15, 0.2) is 30.3 Å². The minimum atomic E-state index is 0.0332. The average molecular weight is 275 g/mol. The van der Waals surface area contributed by atoms with Gasteiger partial charge in [-0.2, -0.15) is 0 Å². The Kier molecular flexibility index (Phi) is 4.82. The van der Waals surface area contributed by atoms with E-state index in [1.54, 1.807) is 25.4 Å². The Balaban J connectivity index is 2.27. The number of aryl methyl sites for hydroxylation is 1. The molecule has 4 heteroatoms. The van der Waals surface area contributed by atoms with E-state index in [0.717, 1.165) is 28.3 Å². The molecule has 2 aromatic rings. The van der Waals surface area contributed by atoms with E-state index in [2.05, 4.69) is 4.98 Å². The van der Waals surface area contributed by atoms with Crippen molar-refractivity contribution < 1.29 is 9.53 Å². The maximum atomic E-state index is 11.7. The van der Waals surface area contributed by atoms with Gasteiger partial charge in [-0.3, -0.25) is 4.79 Å². The van der Waals surface area contributed by atoms with Crippen molar-refractivity contribution in [3.8, 4) is 10.6 Å². The first-order valence-corrected chi connectivity index (χ1v) is 7.09. The highest BCUT2D eigenvalue weighted by Gasteiger charge is 2.15. The van der Waals surface area contributed by atoms with Gasteiger partial charge < -0.3 is 4.74 Å². The third-order valence-corrected chi connectivity index (χ3v) is 3.97. The van der Waals surface area contributed by atoms with E-state index in [4.69, 9.17) is 4.74 Å². The zero-order chi connectivity index (χ0) is 13.7. The number of ketones is 1. The smallest absolute Gasteiger partial charge is 0.179 e. The molecule has 1 aromatic carbocycles. The number of ether oxygens (including phenoxy) is 1. The number of methoxy groups -OCH3 is 1. The van der Waals surface area contributed by atoms with Crippen LogP contribution in [-0.2, 0) is 11.2 Å². The number of Topliss-reactive ketones (excluding diaryl/α,β-unsaturated/α-hetero) is 1.